The lowest BCUT2D eigenvalue weighted by atomic mass is 9.84. The molecule has 1 saturated carbocycles. The van der Waals surface area contributed by atoms with Crippen molar-refractivity contribution in [1.82, 2.24) is 9.97 Å². The van der Waals surface area contributed by atoms with Crippen LogP contribution in [0, 0.1) is 5.92 Å². The van der Waals surface area contributed by atoms with Crippen LogP contribution in [0.4, 0.5) is 5.82 Å². The highest BCUT2D eigenvalue weighted by molar-refractivity contribution is 5.78. The van der Waals surface area contributed by atoms with E-state index in [1.165, 1.54) is 0 Å². The zero-order valence-corrected chi connectivity index (χ0v) is 11.1. The average molecular weight is 247 g/mol. The summed E-state index contributed by atoms with van der Waals surface area (Å²) in [5.74, 6) is 1.52. The highest BCUT2D eigenvalue weighted by Gasteiger charge is 2.23. The first-order valence-corrected chi connectivity index (χ1v) is 6.77. The fraction of sp³-hybridized carbons (Fsp3) is 0.643. The SMILES string of the molecule is CCc1cc(N[C@H]2CC[C@H](C(C)=O)CC2)ncn1. The van der Waals surface area contributed by atoms with Crippen molar-refractivity contribution < 1.29 is 4.79 Å². The van der Waals surface area contributed by atoms with Gasteiger partial charge >= 0.3 is 0 Å². The number of anilines is 1. The molecule has 1 heterocycles. The van der Waals surface area contributed by atoms with Gasteiger partial charge in [0.2, 0.25) is 0 Å². The number of carbonyl (C=O) groups is 1. The molecule has 0 aliphatic heterocycles. The summed E-state index contributed by atoms with van der Waals surface area (Å²) in [6.45, 7) is 3.79. The molecule has 0 radical (unpaired) electrons. The zero-order chi connectivity index (χ0) is 13.0. The van der Waals surface area contributed by atoms with Crippen molar-refractivity contribution in [2.24, 2.45) is 5.92 Å². The molecule has 0 spiro atoms. The van der Waals surface area contributed by atoms with E-state index in [0.29, 0.717) is 11.8 Å². The number of aromatic nitrogens is 2. The third-order valence-corrected chi connectivity index (χ3v) is 3.74. The standard InChI is InChI=1S/C14H21N3O/c1-3-12-8-14(16-9-15-12)17-13-6-4-11(5-7-13)10(2)18/h8-9,11,13H,3-7H2,1-2H3,(H,15,16,17)/t11-,13-. The van der Waals surface area contributed by atoms with Crippen LogP contribution in [0.5, 0.6) is 0 Å². The molecule has 0 atom stereocenters. The number of nitrogens with one attached hydrogen (secondary N) is 1. The Kier molecular flexibility index (Phi) is 4.28. The number of hydrogen-bond donors (Lipinski definition) is 1. The molecule has 1 aliphatic rings. The molecule has 98 valence electrons. The fourth-order valence-corrected chi connectivity index (χ4v) is 2.52. The highest BCUT2D eigenvalue weighted by atomic mass is 16.1. The minimum absolute atomic E-state index is 0.277. The number of Topliss-reactive ketones (excluding diaryl/α,β-unsaturated/α-hetero) is 1. The van der Waals surface area contributed by atoms with Crippen molar-refractivity contribution in [3.63, 3.8) is 0 Å². The minimum atomic E-state index is 0.277. The van der Waals surface area contributed by atoms with Gasteiger partial charge in [0.05, 0.1) is 0 Å². The summed E-state index contributed by atoms with van der Waals surface area (Å²) in [7, 11) is 0. The van der Waals surface area contributed by atoms with Crippen LogP contribution in [0.25, 0.3) is 0 Å². The number of carbonyl (C=O) groups excluding carboxylic acids is 1. The van der Waals surface area contributed by atoms with Gasteiger partial charge in [-0.15, -0.1) is 0 Å². The molecule has 0 bridgehead atoms. The van der Waals surface area contributed by atoms with Crippen molar-refractivity contribution >= 4 is 11.6 Å². The van der Waals surface area contributed by atoms with Gasteiger partial charge in [0.25, 0.3) is 0 Å². The summed E-state index contributed by atoms with van der Waals surface area (Å²) in [4.78, 5) is 19.7. The predicted molar refractivity (Wildman–Crippen MR) is 71.5 cm³/mol. The Morgan fingerprint density at radius 1 is 1.33 bits per heavy atom. The van der Waals surface area contributed by atoms with Gasteiger partial charge in [-0.05, 0) is 39.0 Å². The Labute approximate surface area is 108 Å². The van der Waals surface area contributed by atoms with Gasteiger partial charge in [-0.3, -0.25) is 4.79 Å². The van der Waals surface area contributed by atoms with E-state index in [9.17, 15) is 4.79 Å². The molecule has 0 amide bonds. The van der Waals surface area contributed by atoms with Gasteiger partial charge < -0.3 is 5.32 Å². The van der Waals surface area contributed by atoms with Gasteiger partial charge in [0.1, 0.15) is 17.9 Å². The number of rotatable bonds is 4. The largest absolute Gasteiger partial charge is 0.367 e. The van der Waals surface area contributed by atoms with Crippen molar-refractivity contribution in [1.29, 1.82) is 0 Å². The Hall–Kier alpha value is -1.45. The first-order chi connectivity index (χ1) is 8.69. The second-order valence-electron chi connectivity index (χ2n) is 5.05. The summed E-state index contributed by atoms with van der Waals surface area (Å²) < 4.78 is 0. The lowest BCUT2D eigenvalue weighted by Gasteiger charge is -2.28. The number of hydrogen-bond acceptors (Lipinski definition) is 4. The van der Waals surface area contributed by atoms with E-state index in [-0.39, 0.29) is 5.92 Å². The van der Waals surface area contributed by atoms with E-state index in [2.05, 4.69) is 22.2 Å². The lowest BCUT2D eigenvalue weighted by molar-refractivity contribution is -0.121. The van der Waals surface area contributed by atoms with Crippen LogP contribution in [-0.4, -0.2) is 21.8 Å². The van der Waals surface area contributed by atoms with Crippen molar-refractivity contribution in [2.75, 3.05) is 5.32 Å². The van der Waals surface area contributed by atoms with Crippen LogP contribution in [0.15, 0.2) is 12.4 Å². The van der Waals surface area contributed by atoms with Gasteiger partial charge in [0.15, 0.2) is 0 Å². The van der Waals surface area contributed by atoms with Crippen LogP contribution >= 0.6 is 0 Å². The Bertz CT molecular complexity index is 411. The Morgan fingerprint density at radius 2 is 2.06 bits per heavy atom. The van der Waals surface area contributed by atoms with Gasteiger partial charge in [-0.2, -0.15) is 0 Å². The van der Waals surface area contributed by atoms with Crippen molar-refractivity contribution in [3.8, 4) is 0 Å². The molecule has 2 rings (SSSR count). The lowest BCUT2D eigenvalue weighted by Crippen LogP contribution is -2.28. The normalized spacial score (nSPS) is 23.7. The van der Waals surface area contributed by atoms with Crippen LogP contribution < -0.4 is 5.32 Å². The number of ketones is 1. The van der Waals surface area contributed by atoms with E-state index in [1.807, 2.05) is 6.07 Å². The van der Waals surface area contributed by atoms with Crippen LogP contribution in [0.3, 0.4) is 0 Å². The topological polar surface area (TPSA) is 54.9 Å². The zero-order valence-electron chi connectivity index (χ0n) is 11.1. The molecular formula is C14H21N3O. The highest BCUT2D eigenvalue weighted by Crippen LogP contribution is 2.26. The molecule has 1 aromatic heterocycles. The Balaban J connectivity index is 1.89. The van der Waals surface area contributed by atoms with E-state index in [0.717, 1.165) is 43.6 Å². The molecule has 1 N–H and O–H groups in total. The molecule has 1 aliphatic carbocycles. The van der Waals surface area contributed by atoms with Crippen molar-refractivity contribution in [2.45, 2.75) is 52.0 Å². The second kappa shape index (κ2) is 5.94. The van der Waals surface area contributed by atoms with Gasteiger partial charge in [0, 0.05) is 23.7 Å². The first kappa shape index (κ1) is 13.0. The minimum Gasteiger partial charge on any atom is -0.367 e. The second-order valence-corrected chi connectivity index (χ2v) is 5.05. The van der Waals surface area contributed by atoms with Crippen LogP contribution in [0.2, 0.25) is 0 Å². The van der Waals surface area contributed by atoms with Crippen LogP contribution in [0.1, 0.15) is 45.2 Å². The molecule has 1 aromatic rings. The molecule has 18 heavy (non-hydrogen) atoms. The van der Waals surface area contributed by atoms with Crippen molar-refractivity contribution in [3.05, 3.63) is 18.1 Å². The number of aryl methyl sites for hydroxylation is 1. The maximum atomic E-state index is 11.3. The van der Waals surface area contributed by atoms with E-state index >= 15 is 0 Å². The maximum absolute atomic E-state index is 11.3. The first-order valence-electron chi connectivity index (χ1n) is 6.77. The monoisotopic (exact) mass is 247 g/mol. The smallest absolute Gasteiger partial charge is 0.132 e. The number of nitrogens with zero attached hydrogens (tertiary/aromatic N) is 2. The molecule has 1 fully saturated rings. The van der Waals surface area contributed by atoms with Gasteiger partial charge in [-0.25, -0.2) is 9.97 Å². The molecule has 0 unspecified atom stereocenters. The third-order valence-electron chi connectivity index (χ3n) is 3.74. The summed E-state index contributed by atoms with van der Waals surface area (Å²) >= 11 is 0. The van der Waals surface area contributed by atoms with E-state index in [4.69, 9.17) is 0 Å². The summed E-state index contributed by atoms with van der Waals surface area (Å²) in [6.07, 6.45) is 6.64. The average Bonchev–Trinajstić information content (AvgIpc) is 2.39. The van der Waals surface area contributed by atoms with E-state index < -0.39 is 0 Å². The summed E-state index contributed by atoms with van der Waals surface area (Å²) in [6, 6.07) is 2.46. The molecule has 4 heteroatoms. The summed E-state index contributed by atoms with van der Waals surface area (Å²) in [5, 5.41) is 3.45. The van der Waals surface area contributed by atoms with E-state index in [1.54, 1.807) is 13.3 Å². The molecular weight excluding hydrogens is 226 g/mol. The van der Waals surface area contributed by atoms with Crippen LogP contribution in [-0.2, 0) is 11.2 Å². The summed E-state index contributed by atoms with van der Waals surface area (Å²) in [5.41, 5.74) is 1.06. The molecule has 0 saturated heterocycles. The molecule has 4 nitrogen and oxygen atoms in total. The third kappa shape index (κ3) is 3.28. The fourth-order valence-electron chi connectivity index (χ4n) is 2.52. The predicted octanol–water partition coefficient (Wildman–Crippen LogP) is 2.60. The molecule has 0 aromatic carbocycles. The maximum Gasteiger partial charge on any atom is 0.132 e. The quantitative estimate of drug-likeness (QED) is 0.888. The Morgan fingerprint density at radius 3 is 2.67 bits per heavy atom. The van der Waals surface area contributed by atoms with Gasteiger partial charge in [-0.1, -0.05) is 6.92 Å².